The summed E-state index contributed by atoms with van der Waals surface area (Å²) >= 11 is 1.74. The Balaban J connectivity index is 2.08. The second kappa shape index (κ2) is 6.33. The molecule has 0 fully saturated rings. The van der Waals surface area contributed by atoms with E-state index in [0.717, 1.165) is 30.9 Å². The van der Waals surface area contributed by atoms with Crippen LogP contribution in [0.1, 0.15) is 36.6 Å². The molecule has 1 aromatic heterocycles. The Bertz CT molecular complexity index is 310. The van der Waals surface area contributed by atoms with Crippen molar-refractivity contribution in [1.29, 1.82) is 0 Å². The van der Waals surface area contributed by atoms with E-state index in [1.165, 1.54) is 4.88 Å². The molecule has 0 bridgehead atoms. The summed E-state index contributed by atoms with van der Waals surface area (Å²) in [5.41, 5.74) is 0.0583. The highest BCUT2D eigenvalue weighted by atomic mass is 32.1. The third kappa shape index (κ3) is 5.05. The van der Waals surface area contributed by atoms with E-state index in [-0.39, 0.29) is 12.0 Å². The summed E-state index contributed by atoms with van der Waals surface area (Å²) in [7, 11) is 0. The molecular weight excluding hydrogens is 220 g/mol. The van der Waals surface area contributed by atoms with Crippen molar-refractivity contribution in [2.75, 3.05) is 13.2 Å². The zero-order chi connectivity index (χ0) is 12.0. The largest absolute Gasteiger partial charge is 0.396 e. The minimum absolute atomic E-state index is 0.0583. The Morgan fingerprint density at radius 3 is 2.81 bits per heavy atom. The van der Waals surface area contributed by atoms with Gasteiger partial charge in [-0.1, -0.05) is 13.8 Å². The normalized spacial score (nSPS) is 12.0. The fourth-order valence-corrected chi connectivity index (χ4v) is 2.23. The predicted octanol–water partition coefficient (Wildman–Crippen LogP) is 2.34. The molecule has 0 aliphatic carbocycles. The average molecular weight is 242 g/mol. The topological polar surface area (TPSA) is 45.2 Å². The fraction of sp³-hybridized carbons (Fsp3) is 0.750. The molecule has 0 atom stereocenters. The molecule has 0 amide bonds. The standard InChI is InChI=1S/C12H22N2OS/c1-10-14-8-11(16-10)7-13-6-4-5-12(2,3)9-15/h8,13,15H,4-7,9H2,1-3H3. The molecule has 3 nitrogen and oxygen atoms in total. The van der Waals surface area contributed by atoms with Crippen molar-refractivity contribution in [3.8, 4) is 0 Å². The van der Waals surface area contributed by atoms with Crippen molar-refractivity contribution < 1.29 is 5.11 Å². The van der Waals surface area contributed by atoms with Crippen LogP contribution < -0.4 is 5.32 Å². The van der Waals surface area contributed by atoms with Gasteiger partial charge in [-0.2, -0.15) is 0 Å². The van der Waals surface area contributed by atoms with Crippen LogP contribution in [-0.2, 0) is 6.54 Å². The van der Waals surface area contributed by atoms with Crippen molar-refractivity contribution >= 4 is 11.3 Å². The molecule has 0 unspecified atom stereocenters. The number of nitrogens with zero attached hydrogens (tertiary/aromatic N) is 1. The second-order valence-electron chi connectivity index (χ2n) is 4.95. The van der Waals surface area contributed by atoms with Crippen LogP contribution in [0.4, 0.5) is 0 Å². The van der Waals surface area contributed by atoms with Gasteiger partial charge in [0.25, 0.3) is 0 Å². The molecule has 1 rings (SSSR count). The Hall–Kier alpha value is -0.450. The third-order valence-corrected chi connectivity index (χ3v) is 3.52. The van der Waals surface area contributed by atoms with Gasteiger partial charge in [0.1, 0.15) is 0 Å². The fourth-order valence-electron chi connectivity index (χ4n) is 1.47. The van der Waals surface area contributed by atoms with Crippen LogP contribution in [-0.4, -0.2) is 23.2 Å². The van der Waals surface area contributed by atoms with Crippen LogP contribution in [0.5, 0.6) is 0 Å². The SMILES string of the molecule is Cc1ncc(CNCCCC(C)(C)CO)s1. The summed E-state index contributed by atoms with van der Waals surface area (Å²) in [5.74, 6) is 0. The molecule has 16 heavy (non-hydrogen) atoms. The van der Waals surface area contributed by atoms with Gasteiger partial charge >= 0.3 is 0 Å². The summed E-state index contributed by atoms with van der Waals surface area (Å²) in [6.45, 7) is 8.39. The average Bonchev–Trinajstić information content (AvgIpc) is 2.64. The van der Waals surface area contributed by atoms with Gasteiger partial charge in [0.15, 0.2) is 0 Å². The number of aliphatic hydroxyl groups is 1. The molecule has 0 saturated carbocycles. The van der Waals surface area contributed by atoms with E-state index in [9.17, 15) is 0 Å². The zero-order valence-corrected chi connectivity index (χ0v) is 11.2. The summed E-state index contributed by atoms with van der Waals surface area (Å²) in [6, 6.07) is 0. The maximum absolute atomic E-state index is 9.10. The van der Waals surface area contributed by atoms with E-state index in [4.69, 9.17) is 5.11 Å². The van der Waals surface area contributed by atoms with E-state index < -0.39 is 0 Å². The van der Waals surface area contributed by atoms with Crippen molar-refractivity contribution in [3.63, 3.8) is 0 Å². The van der Waals surface area contributed by atoms with Crippen LogP contribution in [0.2, 0.25) is 0 Å². The summed E-state index contributed by atoms with van der Waals surface area (Å²) in [4.78, 5) is 5.50. The lowest BCUT2D eigenvalue weighted by Gasteiger charge is -2.21. The number of nitrogens with one attached hydrogen (secondary N) is 1. The number of hydrogen-bond acceptors (Lipinski definition) is 4. The van der Waals surface area contributed by atoms with Crippen LogP contribution in [0.3, 0.4) is 0 Å². The first-order valence-electron chi connectivity index (χ1n) is 5.76. The minimum atomic E-state index is 0.0583. The van der Waals surface area contributed by atoms with Gasteiger partial charge in [-0.3, -0.25) is 0 Å². The summed E-state index contributed by atoms with van der Waals surface area (Å²) < 4.78 is 0. The molecule has 0 spiro atoms. The highest BCUT2D eigenvalue weighted by Gasteiger charge is 2.15. The Labute approximate surface area is 102 Å². The number of aliphatic hydroxyl groups excluding tert-OH is 1. The number of aromatic nitrogens is 1. The van der Waals surface area contributed by atoms with E-state index in [1.807, 2.05) is 13.1 Å². The molecule has 0 aliphatic rings. The van der Waals surface area contributed by atoms with Gasteiger partial charge in [0.2, 0.25) is 0 Å². The molecule has 1 aromatic rings. The molecular formula is C12H22N2OS. The van der Waals surface area contributed by atoms with Gasteiger partial charge in [-0.05, 0) is 31.7 Å². The lowest BCUT2D eigenvalue weighted by molar-refractivity contribution is 0.148. The van der Waals surface area contributed by atoms with Crippen molar-refractivity contribution in [2.24, 2.45) is 5.41 Å². The highest BCUT2D eigenvalue weighted by molar-refractivity contribution is 7.11. The molecule has 0 aromatic carbocycles. The van der Waals surface area contributed by atoms with Crippen molar-refractivity contribution in [3.05, 3.63) is 16.1 Å². The van der Waals surface area contributed by atoms with E-state index in [0.29, 0.717) is 0 Å². The van der Waals surface area contributed by atoms with Gasteiger partial charge in [-0.15, -0.1) is 11.3 Å². The number of aryl methyl sites for hydroxylation is 1. The Morgan fingerprint density at radius 2 is 2.25 bits per heavy atom. The Kier molecular flexibility index (Phi) is 5.38. The molecule has 1 heterocycles. The van der Waals surface area contributed by atoms with Crippen LogP contribution in [0.25, 0.3) is 0 Å². The van der Waals surface area contributed by atoms with Crippen molar-refractivity contribution in [1.82, 2.24) is 10.3 Å². The maximum Gasteiger partial charge on any atom is 0.0897 e. The number of rotatable bonds is 7. The first kappa shape index (κ1) is 13.6. The first-order chi connectivity index (χ1) is 7.53. The summed E-state index contributed by atoms with van der Waals surface area (Å²) in [6.07, 6.45) is 4.09. The van der Waals surface area contributed by atoms with Crippen LogP contribution in [0.15, 0.2) is 6.20 Å². The molecule has 4 heteroatoms. The predicted molar refractivity (Wildman–Crippen MR) is 68.7 cm³/mol. The highest BCUT2D eigenvalue weighted by Crippen LogP contribution is 2.20. The van der Waals surface area contributed by atoms with Crippen molar-refractivity contribution in [2.45, 2.75) is 40.2 Å². The van der Waals surface area contributed by atoms with E-state index in [1.54, 1.807) is 11.3 Å². The van der Waals surface area contributed by atoms with E-state index >= 15 is 0 Å². The first-order valence-corrected chi connectivity index (χ1v) is 6.58. The zero-order valence-electron chi connectivity index (χ0n) is 10.4. The van der Waals surface area contributed by atoms with Crippen LogP contribution in [0, 0.1) is 12.3 Å². The van der Waals surface area contributed by atoms with Gasteiger partial charge in [-0.25, -0.2) is 4.98 Å². The van der Waals surface area contributed by atoms with E-state index in [2.05, 4.69) is 24.1 Å². The quantitative estimate of drug-likeness (QED) is 0.721. The third-order valence-electron chi connectivity index (χ3n) is 2.60. The maximum atomic E-state index is 9.10. The molecule has 92 valence electrons. The molecule has 0 saturated heterocycles. The smallest absolute Gasteiger partial charge is 0.0897 e. The summed E-state index contributed by atoms with van der Waals surface area (Å²) in [5, 5.41) is 13.6. The van der Waals surface area contributed by atoms with Gasteiger partial charge in [0.05, 0.1) is 5.01 Å². The lowest BCUT2D eigenvalue weighted by Crippen LogP contribution is -2.20. The monoisotopic (exact) mass is 242 g/mol. The molecule has 0 aliphatic heterocycles. The lowest BCUT2D eigenvalue weighted by atomic mass is 9.89. The second-order valence-corrected chi connectivity index (χ2v) is 6.27. The van der Waals surface area contributed by atoms with Crippen LogP contribution >= 0.6 is 11.3 Å². The minimum Gasteiger partial charge on any atom is -0.396 e. The molecule has 2 N–H and O–H groups in total. The molecule has 0 radical (unpaired) electrons. The number of thiazole rings is 1. The van der Waals surface area contributed by atoms with Gasteiger partial charge in [0, 0.05) is 24.2 Å². The van der Waals surface area contributed by atoms with Gasteiger partial charge < -0.3 is 10.4 Å². The number of hydrogen-bond donors (Lipinski definition) is 2. The Morgan fingerprint density at radius 1 is 1.50 bits per heavy atom.